The maximum Gasteiger partial charge on any atom is 0.220 e. The summed E-state index contributed by atoms with van der Waals surface area (Å²) in [5.74, 6) is -0.0980. The van der Waals surface area contributed by atoms with Gasteiger partial charge in [-0.3, -0.25) is 4.79 Å². The summed E-state index contributed by atoms with van der Waals surface area (Å²) in [6.07, 6.45) is 55.2. The largest absolute Gasteiger partial charge is 0.394 e. The van der Waals surface area contributed by atoms with Crippen LogP contribution in [0.15, 0.2) is 85.1 Å². The van der Waals surface area contributed by atoms with Gasteiger partial charge in [-0.1, -0.05) is 163 Å². The Morgan fingerprint density at radius 1 is 0.532 bits per heavy atom. The average Bonchev–Trinajstić information content (AvgIpc) is 3.07. The molecule has 2 unspecified atom stereocenters. The molecule has 0 radical (unpaired) electrons. The van der Waals surface area contributed by atoms with Gasteiger partial charge in [-0.15, -0.1) is 0 Å². The van der Waals surface area contributed by atoms with Gasteiger partial charge in [0, 0.05) is 6.42 Å². The monoisotopic (exact) mass is 652 g/mol. The van der Waals surface area contributed by atoms with E-state index in [-0.39, 0.29) is 12.5 Å². The van der Waals surface area contributed by atoms with E-state index in [4.69, 9.17) is 0 Å². The van der Waals surface area contributed by atoms with Crippen molar-refractivity contribution in [1.82, 2.24) is 5.32 Å². The van der Waals surface area contributed by atoms with E-state index in [9.17, 15) is 15.0 Å². The van der Waals surface area contributed by atoms with Crippen LogP contribution >= 0.6 is 0 Å². The van der Waals surface area contributed by atoms with Crippen molar-refractivity contribution in [3.05, 3.63) is 85.1 Å². The zero-order valence-corrected chi connectivity index (χ0v) is 30.5. The Hall–Kier alpha value is -2.43. The second kappa shape index (κ2) is 38.0. The van der Waals surface area contributed by atoms with Crippen molar-refractivity contribution in [2.75, 3.05) is 6.61 Å². The lowest BCUT2D eigenvalue weighted by molar-refractivity contribution is -0.123. The number of aliphatic hydroxyl groups excluding tert-OH is 2. The Morgan fingerprint density at radius 3 is 1.49 bits per heavy atom. The molecule has 268 valence electrons. The first-order valence-corrected chi connectivity index (χ1v) is 19.3. The van der Waals surface area contributed by atoms with Gasteiger partial charge in [0.15, 0.2) is 0 Å². The number of hydrogen-bond donors (Lipinski definition) is 3. The smallest absolute Gasteiger partial charge is 0.220 e. The van der Waals surface area contributed by atoms with Crippen LogP contribution in [0.3, 0.4) is 0 Å². The minimum atomic E-state index is -0.874. The van der Waals surface area contributed by atoms with Crippen molar-refractivity contribution in [2.45, 2.75) is 174 Å². The van der Waals surface area contributed by atoms with E-state index < -0.39 is 12.1 Å². The first-order chi connectivity index (χ1) is 23.2. The summed E-state index contributed by atoms with van der Waals surface area (Å²) in [6, 6.07) is -0.653. The van der Waals surface area contributed by atoms with Crippen molar-refractivity contribution < 1.29 is 15.0 Å². The third-order valence-corrected chi connectivity index (χ3v) is 8.11. The Labute approximate surface area is 291 Å². The van der Waals surface area contributed by atoms with Crippen LogP contribution in [-0.4, -0.2) is 34.9 Å². The third-order valence-electron chi connectivity index (χ3n) is 8.11. The molecule has 0 rings (SSSR count). The quantitative estimate of drug-likeness (QED) is 0.0488. The van der Waals surface area contributed by atoms with Crippen LogP contribution in [0.2, 0.25) is 0 Å². The van der Waals surface area contributed by atoms with E-state index >= 15 is 0 Å². The van der Waals surface area contributed by atoms with Gasteiger partial charge in [0.25, 0.3) is 0 Å². The van der Waals surface area contributed by atoms with Crippen molar-refractivity contribution in [3.63, 3.8) is 0 Å². The molecule has 4 nitrogen and oxygen atoms in total. The van der Waals surface area contributed by atoms with E-state index in [0.29, 0.717) is 6.42 Å². The summed E-state index contributed by atoms with van der Waals surface area (Å²) >= 11 is 0. The van der Waals surface area contributed by atoms with Gasteiger partial charge < -0.3 is 15.5 Å². The molecule has 0 fully saturated rings. The number of amides is 1. The molecule has 0 aliphatic rings. The fourth-order valence-electron chi connectivity index (χ4n) is 5.16. The third kappa shape index (κ3) is 34.7. The van der Waals surface area contributed by atoms with Gasteiger partial charge in [-0.25, -0.2) is 0 Å². The van der Waals surface area contributed by atoms with Crippen molar-refractivity contribution in [2.24, 2.45) is 0 Å². The molecule has 0 saturated carbocycles. The highest BCUT2D eigenvalue weighted by Crippen LogP contribution is 2.11. The molecule has 1 amide bonds. The molecule has 0 aromatic carbocycles. The molecular formula is C43H73NO3. The predicted molar refractivity (Wildman–Crippen MR) is 207 cm³/mol. The fraction of sp³-hybridized carbons (Fsp3) is 0.651. The molecule has 0 aliphatic carbocycles. The number of hydrogen-bond acceptors (Lipinski definition) is 3. The van der Waals surface area contributed by atoms with Crippen LogP contribution in [0.1, 0.15) is 162 Å². The van der Waals surface area contributed by atoms with E-state index in [2.05, 4.69) is 92.1 Å². The van der Waals surface area contributed by atoms with Gasteiger partial charge in [0.05, 0.1) is 18.8 Å². The van der Waals surface area contributed by atoms with Crippen molar-refractivity contribution in [1.29, 1.82) is 0 Å². The van der Waals surface area contributed by atoms with E-state index in [0.717, 1.165) is 77.0 Å². The molecule has 3 N–H and O–H groups in total. The minimum Gasteiger partial charge on any atom is -0.394 e. The zero-order valence-electron chi connectivity index (χ0n) is 30.5. The summed E-state index contributed by atoms with van der Waals surface area (Å²) in [4.78, 5) is 12.3. The molecule has 0 aliphatic heterocycles. The topological polar surface area (TPSA) is 69.6 Å². The molecule has 0 aromatic rings. The highest BCUT2D eigenvalue weighted by Gasteiger charge is 2.17. The number of unbranched alkanes of at least 4 members (excludes halogenated alkanes) is 14. The van der Waals surface area contributed by atoms with E-state index in [1.54, 1.807) is 6.08 Å². The summed E-state index contributed by atoms with van der Waals surface area (Å²) in [5.41, 5.74) is 0. The molecule has 2 atom stereocenters. The Bertz CT molecular complexity index is 879. The van der Waals surface area contributed by atoms with Crippen LogP contribution in [-0.2, 0) is 4.79 Å². The maximum absolute atomic E-state index is 12.3. The lowest BCUT2D eigenvalue weighted by Crippen LogP contribution is -2.45. The second-order valence-electron chi connectivity index (χ2n) is 12.6. The van der Waals surface area contributed by atoms with Gasteiger partial charge in [-0.05, 0) is 77.0 Å². The lowest BCUT2D eigenvalue weighted by atomic mass is 10.1. The first kappa shape index (κ1) is 44.6. The number of rotatable bonds is 33. The number of nitrogens with one attached hydrogen (secondary N) is 1. The number of carbonyl (C=O) groups is 1. The highest BCUT2D eigenvalue weighted by atomic mass is 16.3. The molecule has 4 heteroatoms. The molecule has 0 saturated heterocycles. The predicted octanol–water partition coefficient (Wildman–Crippen LogP) is 11.7. The van der Waals surface area contributed by atoms with Gasteiger partial charge in [-0.2, -0.15) is 0 Å². The summed E-state index contributed by atoms with van der Waals surface area (Å²) in [7, 11) is 0. The molecular weight excluding hydrogens is 578 g/mol. The second-order valence-corrected chi connectivity index (χ2v) is 12.6. The Kier molecular flexibility index (Phi) is 36.1. The van der Waals surface area contributed by atoms with E-state index in [1.165, 1.54) is 64.2 Å². The summed E-state index contributed by atoms with van der Waals surface area (Å²) < 4.78 is 0. The molecule has 0 aromatic heterocycles. The summed E-state index contributed by atoms with van der Waals surface area (Å²) in [6.45, 7) is 4.14. The highest BCUT2D eigenvalue weighted by molar-refractivity contribution is 5.76. The molecule has 47 heavy (non-hydrogen) atoms. The van der Waals surface area contributed by atoms with Crippen molar-refractivity contribution >= 4 is 5.91 Å². The van der Waals surface area contributed by atoms with E-state index in [1.807, 2.05) is 6.08 Å². The Morgan fingerprint density at radius 2 is 0.957 bits per heavy atom. The SMILES string of the molecule is CC/C=C\C/C=C\C/C=C\C/C=C\C/C=C\CCCCCCCC(=O)NC(CO)C(O)/C=C/CC/C=C/CCCCCCCCCC. The van der Waals surface area contributed by atoms with Crippen LogP contribution in [0, 0.1) is 0 Å². The van der Waals surface area contributed by atoms with Crippen molar-refractivity contribution in [3.8, 4) is 0 Å². The minimum absolute atomic E-state index is 0.0980. The summed E-state index contributed by atoms with van der Waals surface area (Å²) in [5, 5.41) is 22.9. The standard InChI is InChI=1S/C43H73NO3/c1-3-5-7-9-11-13-15-17-19-20-21-22-23-24-25-27-29-31-33-35-37-39-43(47)44-41(40-45)42(46)38-36-34-32-30-28-26-18-16-14-12-10-8-6-4-2/h5,7,11,13,17,19,21-22,24-25,28,30,36,38,41-42,45-46H,3-4,6,8-10,12,14-16,18,20,23,26-27,29,31-35,37,39-40H2,1-2H3,(H,44,47)/b7-5-,13-11-,19-17-,22-21-,25-24-,30-28+,38-36+. The number of aliphatic hydroxyl groups is 2. The van der Waals surface area contributed by atoms with Gasteiger partial charge in [0.1, 0.15) is 0 Å². The van der Waals surface area contributed by atoms with Crippen LogP contribution in [0.4, 0.5) is 0 Å². The van der Waals surface area contributed by atoms with Crippen LogP contribution in [0.25, 0.3) is 0 Å². The molecule has 0 heterocycles. The van der Waals surface area contributed by atoms with Gasteiger partial charge >= 0.3 is 0 Å². The first-order valence-electron chi connectivity index (χ1n) is 19.3. The molecule has 0 spiro atoms. The maximum atomic E-state index is 12.3. The van der Waals surface area contributed by atoms with Crippen LogP contribution < -0.4 is 5.32 Å². The lowest BCUT2D eigenvalue weighted by Gasteiger charge is -2.19. The molecule has 0 bridgehead atoms. The van der Waals surface area contributed by atoms with Crippen LogP contribution in [0.5, 0.6) is 0 Å². The van der Waals surface area contributed by atoms with Gasteiger partial charge in [0.2, 0.25) is 5.91 Å². The number of allylic oxidation sites excluding steroid dienone is 13. The number of carbonyl (C=O) groups excluding carboxylic acids is 1. The fourth-order valence-corrected chi connectivity index (χ4v) is 5.16. The Balaban J connectivity index is 3.75. The average molecular weight is 652 g/mol. The zero-order chi connectivity index (χ0) is 34.3. The normalized spacial score (nSPS) is 14.0.